The molecule has 1 aromatic carbocycles. The quantitative estimate of drug-likeness (QED) is 0.570. The minimum atomic E-state index is -5.39. The van der Waals surface area contributed by atoms with Crippen LogP contribution in [0.3, 0.4) is 0 Å². The Balaban J connectivity index is 3.36. The summed E-state index contributed by atoms with van der Waals surface area (Å²) < 4.78 is 76.5. The summed E-state index contributed by atoms with van der Waals surface area (Å²) in [6.45, 7) is 1.93. The number of rotatable bonds is 2. The molecule has 0 aliphatic carbocycles. The summed E-state index contributed by atoms with van der Waals surface area (Å²) in [5.74, 6) is 0. The topological polar surface area (TPSA) is 0 Å². The lowest BCUT2D eigenvalue weighted by atomic mass is 9.72. The molecule has 0 atom stereocenters. The number of halogens is 6. The third kappa shape index (κ3) is 2.35. The van der Waals surface area contributed by atoms with E-state index in [1.54, 1.807) is 6.82 Å². The molecule has 0 radical (unpaired) electrons. The molecule has 0 N–H and O–H groups in total. The fourth-order valence-electron chi connectivity index (χ4n) is 1.56. The van der Waals surface area contributed by atoms with Crippen LogP contribution in [0.1, 0.15) is 12.5 Å². The highest BCUT2D eigenvalue weighted by Gasteiger charge is 2.68. The van der Waals surface area contributed by atoms with Crippen LogP contribution in [0, 0.1) is 0 Å². The third-order valence-corrected chi connectivity index (χ3v) is 3.07. The highest BCUT2D eigenvalue weighted by molar-refractivity contribution is 6.51. The van der Waals surface area contributed by atoms with Crippen LogP contribution in [0.4, 0.5) is 26.3 Å². The van der Waals surface area contributed by atoms with Crippen LogP contribution < -0.4 is 5.46 Å². The SMILES string of the molecule is CBc1ccc(C(C)(C(F)(F)F)C(F)(F)F)cc1. The van der Waals surface area contributed by atoms with E-state index in [1.165, 1.54) is 12.1 Å². The van der Waals surface area contributed by atoms with Crippen LogP contribution in [0.15, 0.2) is 24.3 Å². The van der Waals surface area contributed by atoms with E-state index in [2.05, 4.69) is 0 Å². The van der Waals surface area contributed by atoms with E-state index in [9.17, 15) is 26.3 Å². The Hall–Kier alpha value is -1.14. The molecule has 1 rings (SSSR count). The summed E-state index contributed by atoms with van der Waals surface area (Å²) in [6.07, 6.45) is -10.8. The number of hydrogen-bond donors (Lipinski definition) is 0. The van der Waals surface area contributed by atoms with E-state index < -0.39 is 23.3 Å². The van der Waals surface area contributed by atoms with Gasteiger partial charge < -0.3 is 0 Å². The molecule has 18 heavy (non-hydrogen) atoms. The second-order valence-electron chi connectivity index (χ2n) is 4.17. The van der Waals surface area contributed by atoms with Crippen molar-refractivity contribution in [3.63, 3.8) is 0 Å². The van der Waals surface area contributed by atoms with Crippen molar-refractivity contribution < 1.29 is 26.3 Å². The van der Waals surface area contributed by atoms with Crippen LogP contribution in [0.2, 0.25) is 6.82 Å². The Bertz CT molecular complexity index is 389. The maximum absolute atomic E-state index is 12.7. The van der Waals surface area contributed by atoms with Gasteiger partial charge in [-0.15, -0.1) is 0 Å². The lowest BCUT2D eigenvalue weighted by Gasteiger charge is -2.34. The fourth-order valence-corrected chi connectivity index (χ4v) is 1.56. The van der Waals surface area contributed by atoms with Gasteiger partial charge in [-0.1, -0.05) is 36.6 Å². The van der Waals surface area contributed by atoms with Crippen molar-refractivity contribution in [2.45, 2.75) is 31.5 Å². The Kier molecular flexibility index (Phi) is 3.74. The average Bonchev–Trinajstić information content (AvgIpc) is 2.25. The lowest BCUT2D eigenvalue weighted by molar-refractivity contribution is -0.297. The minimum absolute atomic E-state index is 0.161. The van der Waals surface area contributed by atoms with Crippen LogP contribution in [-0.2, 0) is 5.41 Å². The summed E-state index contributed by atoms with van der Waals surface area (Å²) in [6, 6.07) is 4.34. The monoisotopic (exact) mass is 268 g/mol. The maximum atomic E-state index is 12.7. The third-order valence-electron chi connectivity index (χ3n) is 3.07. The Morgan fingerprint density at radius 3 is 1.50 bits per heavy atom. The predicted molar refractivity (Wildman–Crippen MR) is 58.6 cm³/mol. The van der Waals surface area contributed by atoms with Gasteiger partial charge in [-0.25, -0.2) is 0 Å². The van der Waals surface area contributed by atoms with E-state index in [1.807, 2.05) is 0 Å². The molecule has 0 fully saturated rings. The Morgan fingerprint density at radius 2 is 1.22 bits per heavy atom. The van der Waals surface area contributed by atoms with Gasteiger partial charge in [-0.2, -0.15) is 26.3 Å². The van der Waals surface area contributed by atoms with Gasteiger partial charge in [-0.05, 0) is 12.5 Å². The van der Waals surface area contributed by atoms with Gasteiger partial charge in [0.15, 0.2) is 12.7 Å². The van der Waals surface area contributed by atoms with Gasteiger partial charge in [0.1, 0.15) is 0 Å². The van der Waals surface area contributed by atoms with Crippen molar-refractivity contribution in [1.29, 1.82) is 0 Å². The first-order valence-corrected chi connectivity index (χ1v) is 5.27. The van der Waals surface area contributed by atoms with Crippen molar-refractivity contribution in [1.82, 2.24) is 0 Å². The molecule has 100 valence electrons. The standard InChI is InChI=1S/C11H11BF6/c1-9(10(13,14)15,11(16,17)18)7-3-5-8(12-2)6-4-7/h3-6,12H,1-2H3. The van der Waals surface area contributed by atoms with Crippen LogP contribution in [0.5, 0.6) is 0 Å². The molecule has 0 aliphatic rings. The van der Waals surface area contributed by atoms with Gasteiger partial charge in [0.25, 0.3) is 0 Å². The zero-order valence-corrected chi connectivity index (χ0v) is 9.78. The molecule has 0 bridgehead atoms. The predicted octanol–water partition coefficient (Wildman–Crippen LogP) is 3.18. The summed E-state index contributed by atoms with van der Waals surface area (Å²) in [5.41, 5.74) is -3.95. The molecule has 0 nitrogen and oxygen atoms in total. The molecule has 0 amide bonds. The average molecular weight is 268 g/mol. The molecule has 0 spiro atoms. The highest BCUT2D eigenvalue weighted by Crippen LogP contribution is 2.51. The molecular weight excluding hydrogens is 257 g/mol. The molecule has 0 aliphatic heterocycles. The zero-order valence-electron chi connectivity index (χ0n) is 9.78. The van der Waals surface area contributed by atoms with Crippen molar-refractivity contribution in [2.24, 2.45) is 0 Å². The van der Waals surface area contributed by atoms with Gasteiger partial charge in [-0.3, -0.25) is 0 Å². The van der Waals surface area contributed by atoms with Gasteiger partial charge >= 0.3 is 12.4 Å². The number of hydrogen-bond acceptors (Lipinski definition) is 0. The van der Waals surface area contributed by atoms with Gasteiger partial charge in [0.2, 0.25) is 0 Å². The van der Waals surface area contributed by atoms with E-state index in [4.69, 9.17) is 0 Å². The summed E-state index contributed by atoms with van der Waals surface area (Å²) in [4.78, 5) is 0. The molecule has 0 heterocycles. The Labute approximate surface area is 101 Å². The first-order chi connectivity index (χ1) is 8.04. The maximum Gasteiger partial charge on any atom is 0.406 e. The smallest absolute Gasteiger partial charge is 0.170 e. The second kappa shape index (κ2) is 4.51. The highest BCUT2D eigenvalue weighted by atomic mass is 19.4. The largest absolute Gasteiger partial charge is 0.406 e. The fraction of sp³-hybridized carbons (Fsp3) is 0.455. The first-order valence-electron chi connectivity index (χ1n) is 5.27. The molecule has 1 aromatic rings. The normalized spacial score (nSPS) is 13.6. The summed E-state index contributed by atoms with van der Waals surface area (Å²) >= 11 is 0. The van der Waals surface area contributed by atoms with E-state index in [0.717, 1.165) is 12.1 Å². The first kappa shape index (κ1) is 14.9. The molecule has 0 saturated carbocycles. The molecule has 0 aromatic heterocycles. The second-order valence-corrected chi connectivity index (χ2v) is 4.17. The van der Waals surface area contributed by atoms with Crippen LogP contribution in [0.25, 0.3) is 0 Å². The van der Waals surface area contributed by atoms with E-state index in [-0.39, 0.29) is 6.92 Å². The molecular formula is C11H11BF6. The molecule has 7 heteroatoms. The van der Waals surface area contributed by atoms with E-state index >= 15 is 0 Å². The summed E-state index contributed by atoms with van der Waals surface area (Å²) in [5, 5.41) is 0. The van der Waals surface area contributed by atoms with Crippen molar-refractivity contribution in [3.05, 3.63) is 29.8 Å². The number of benzene rings is 1. The zero-order chi connectivity index (χ0) is 14.2. The molecule has 0 unspecified atom stereocenters. The van der Waals surface area contributed by atoms with Crippen LogP contribution in [-0.4, -0.2) is 19.6 Å². The van der Waals surface area contributed by atoms with Gasteiger partial charge in [0, 0.05) is 0 Å². The van der Waals surface area contributed by atoms with Crippen molar-refractivity contribution >= 4 is 12.7 Å². The van der Waals surface area contributed by atoms with Crippen molar-refractivity contribution in [2.75, 3.05) is 0 Å². The molecule has 0 saturated heterocycles. The number of alkyl halides is 6. The lowest BCUT2D eigenvalue weighted by Crippen LogP contribution is -2.51. The van der Waals surface area contributed by atoms with Gasteiger partial charge in [0.05, 0.1) is 0 Å². The minimum Gasteiger partial charge on any atom is -0.170 e. The van der Waals surface area contributed by atoms with Crippen molar-refractivity contribution in [3.8, 4) is 0 Å². The summed E-state index contributed by atoms with van der Waals surface area (Å²) in [7, 11) is 0.551. The van der Waals surface area contributed by atoms with E-state index in [0.29, 0.717) is 12.7 Å². The van der Waals surface area contributed by atoms with Crippen LogP contribution >= 0.6 is 0 Å². The Morgan fingerprint density at radius 1 is 0.833 bits per heavy atom.